The summed E-state index contributed by atoms with van der Waals surface area (Å²) in [7, 11) is -4.96. The van der Waals surface area contributed by atoms with E-state index in [0.717, 1.165) is 18.2 Å². The fourth-order valence-electron chi connectivity index (χ4n) is 1.13. The zero-order valence-electron chi connectivity index (χ0n) is 8.55. The first-order valence-corrected chi connectivity index (χ1v) is 6.03. The van der Waals surface area contributed by atoms with Crippen LogP contribution in [0.4, 0.5) is 0 Å². The number of carbonyl (C=O) groups excluding carboxylic acids is 1. The molecule has 7 nitrogen and oxygen atoms in total. The number of aliphatic hydroxyl groups is 2. The molecule has 0 amide bonds. The van der Waals surface area contributed by atoms with Crippen molar-refractivity contribution in [2.24, 2.45) is 0 Å². The Balaban J connectivity index is 2.95. The molecule has 0 aliphatic heterocycles. The fraction of sp³-hybridized carbons (Fsp3) is 0.222. The number of allylic oxidation sites excluding steroid dienone is 1. The maximum Gasteiger partial charge on any atom is 0.363 e. The molecule has 0 aromatic rings. The van der Waals surface area contributed by atoms with Gasteiger partial charge in [0.25, 0.3) is 0 Å². The molecule has 0 aromatic heterocycles. The van der Waals surface area contributed by atoms with Gasteiger partial charge in [-0.25, -0.2) is 4.79 Å². The van der Waals surface area contributed by atoms with E-state index in [1.165, 1.54) is 0 Å². The van der Waals surface area contributed by atoms with Gasteiger partial charge < -0.3 is 24.7 Å². The van der Waals surface area contributed by atoms with E-state index < -0.39 is 25.0 Å². The highest BCUT2D eigenvalue weighted by Gasteiger charge is 2.50. The van der Waals surface area contributed by atoms with Crippen LogP contribution in [-0.4, -0.2) is 37.4 Å². The number of rotatable bonds is 3. The third-order valence-electron chi connectivity index (χ3n) is 2.10. The first-order valence-electron chi connectivity index (χ1n) is 4.42. The van der Waals surface area contributed by atoms with Gasteiger partial charge in [0.2, 0.25) is 5.34 Å². The van der Waals surface area contributed by atoms with Crippen LogP contribution in [0, 0.1) is 0 Å². The lowest BCUT2D eigenvalue weighted by atomic mass is 10.1. The van der Waals surface area contributed by atoms with Crippen LogP contribution < -0.4 is 0 Å². The Labute approximate surface area is 96.5 Å². The summed E-state index contributed by atoms with van der Waals surface area (Å²) in [4.78, 5) is 28.6. The molecule has 17 heavy (non-hydrogen) atoms. The Kier molecular flexibility index (Phi) is 3.71. The van der Waals surface area contributed by atoms with Crippen LogP contribution in [0.1, 0.15) is 0 Å². The van der Waals surface area contributed by atoms with Gasteiger partial charge in [0.1, 0.15) is 11.9 Å². The van der Waals surface area contributed by atoms with Gasteiger partial charge >= 0.3 is 13.6 Å². The van der Waals surface area contributed by atoms with Gasteiger partial charge in [-0.05, 0) is 18.2 Å². The Morgan fingerprint density at radius 2 is 2.18 bits per heavy atom. The summed E-state index contributed by atoms with van der Waals surface area (Å²) in [6.45, 7) is 3.15. The fourth-order valence-corrected chi connectivity index (χ4v) is 1.82. The minimum absolute atomic E-state index is 0.138. The van der Waals surface area contributed by atoms with Crippen molar-refractivity contribution in [1.82, 2.24) is 0 Å². The second kappa shape index (κ2) is 4.56. The molecule has 0 spiro atoms. The van der Waals surface area contributed by atoms with Crippen molar-refractivity contribution in [3.63, 3.8) is 0 Å². The number of hydrogen-bond donors (Lipinski definition) is 4. The van der Waals surface area contributed by atoms with Crippen molar-refractivity contribution in [2.75, 3.05) is 0 Å². The van der Waals surface area contributed by atoms with Gasteiger partial charge in [0.15, 0.2) is 0 Å². The molecule has 1 aliphatic rings. The van der Waals surface area contributed by atoms with Crippen LogP contribution in [0.25, 0.3) is 0 Å². The quantitative estimate of drug-likeness (QED) is 0.304. The molecule has 4 N–H and O–H groups in total. The summed E-state index contributed by atoms with van der Waals surface area (Å²) < 4.78 is 15.6. The van der Waals surface area contributed by atoms with E-state index in [-0.39, 0.29) is 5.76 Å². The molecule has 0 saturated heterocycles. The molecule has 0 fully saturated rings. The highest BCUT2D eigenvalue weighted by molar-refractivity contribution is 7.53. The number of ether oxygens (including phenoxy) is 1. The molecule has 8 heteroatoms. The minimum atomic E-state index is -4.96. The number of hydrogen-bond acceptors (Lipinski definition) is 5. The van der Waals surface area contributed by atoms with Crippen LogP contribution in [0.2, 0.25) is 0 Å². The Morgan fingerprint density at radius 1 is 1.59 bits per heavy atom. The molecule has 0 aromatic carbocycles. The van der Waals surface area contributed by atoms with Crippen LogP contribution in [0.3, 0.4) is 0 Å². The lowest BCUT2D eigenvalue weighted by Crippen LogP contribution is -2.40. The first kappa shape index (κ1) is 13.8. The molecule has 0 bridgehead atoms. The predicted molar refractivity (Wildman–Crippen MR) is 56.5 cm³/mol. The van der Waals surface area contributed by atoms with E-state index in [1.54, 1.807) is 0 Å². The summed E-state index contributed by atoms with van der Waals surface area (Å²) in [6, 6.07) is 0. The van der Waals surface area contributed by atoms with Gasteiger partial charge in [-0.1, -0.05) is 6.58 Å². The summed E-state index contributed by atoms with van der Waals surface area (Å²) in [5, 5.41) is 16.3. The predicted octanol–water partition coefficient (Wildman–Crippen LogP) is -0.604. The third-order valence-corrected chi connectivity index (χ3v) is 3.45. The zero-order valence-corrected chi connectivity index (χ0v) is 9.45. The molecular formula is C9H11O7P. The maximum atomic E-state index is 11.0. The summed E-state index contributed by atoms with van der Waals surface area (Å²) in [5.74, 6) is -0.935. The normalized spacial score (nSPS) is 28.5. The van der Waals surface area contributed by atoms with Gasteiger partial charge in [0.05, 0.1) is 0 Å². The van der Waals surface area contributed by atoms with Gasteiger partial charge in [0, 0.05) is 6.08 Å². The van der Waals surface area contributed by atoms with Crippen molar-refractivity contribution in [3.8, 4) is 0 Å². The van der Waals surface area contributed by atoms with E-state index in [1.807, 2.05) is 0 Å². The van der Waals surface area contributed by atoms with E-state index in [2.05, 4.69) is 11.3 Å². The van der Waals surface area contributed by atoms with E-state index in [4.69, 9.17) is 9.79 Å². The highest BCUT2D eigenvalue weighted by atomic mass is 31.2. The molecule has 0 radical (unpaired) electrons. The van der Waals surface area contributed by atoms with Crippen LogP contribution in [0.15, 0.2) is 36.6 Å². The van der Waals surface area contributed by atoms with E-state index in [0.29, 0.717) is 6.08 Å². The first-order chi connectivity index (χ1) is 7.70. The summed E-state index contributed by atoms with van der Waals surface area (Å²) >= 11 is 0. The molecular weight excluding hydrogens is 251 g/mol. The maximum absolute atomic E-state index is 11.0. The van der Waals surface area contributed by atoms with E-state index in [9.17, 15) is 19.6 Å². The van der Waals surface area contributed by atoms with Crippen molar-refractivity contribution >= 4 is 13.6 Å². The molecule has 94 valence electrons. The Hall–Kier alpha value is -1.24. The standard InChI is InChI=1S/C9H11O7P/c1-2-8(11)16-6-3-4-9(12,7(10)5-6)17(13,14)15/h2-5,7,10,12H,1H2,(H2,13,14,15). The Morgan fingerprint density at radius 3 is 2.59 bits per heavy atom. The smallest absolute Gasteiger partial charge is 0.363 e. The van der Waals surface area contributed by atoms with Crippen molar-refractivity contribution in [1.29, 1.82) is 0 Å². The van der Waals surface area contributed by atoms with Crippen molar-refractivity contribution in [3.05, 3.63) is 36.6 Å². The second-order valence-electron chi connectivity index (χ2n) is 3.30. The number of aliphatic hydroxyl groups excluding tert-OH is 1. The number of carbonyl (C=O) groups is 1. The number of esters is 1. The van der Waals surface area contributed by atoms with Gasteiger partial charge in [-0.2, -0.15) is 0 Å². The van der Waals surface area contributed by atoms with Crippen molar-refractivity contribution < 1.29 is 34.1 Å². The Bertz CT molecular complexity index is 446. The molecule has 2 unspecified atom stereocenters. The lowest BCUT2D eigenvalue weighted by molar-refractivity contribution is -0.133. The van der Waals surface area contributed by atoms with Crippen LogP contribution >= 0.6 is 7.60 Å². The minimum Gasteiger partial charge on any atom is -0.424 e. The average Bonchev–Trinajstić information content (AvgIpc) is 2.21. The summed E-state index contributed by atoms with van der Waals surface area (Å²) in [5.41, 5.74) is 0. The molecule has 1 aliphatic carbocycles. The molecule has 2 atom stereocenters. The molecule has 0 saturated carbocycles. The molecule has 0 heterocycles. The topological polar surface area (TPSA) is 124 Å². The average molecular weight is 262 g/mol. The second-order valence-corrected chi connectivity index (χ2v) is 5.10. The van der Waals surface area contributed by atoms with E-state index >= 15 is 0 Å². The monoisotopic (exact) mass is 262 g/mol. The van der Waals surface area contributed by atoms with Crippen LogP contribution in [0.5, 0.6) is 0 Å². The third kappa shape index (κ3) is 2.71. The zero-order chi connectivity index (χ0) is 13.3. The van der Waals surface area contributed by atoms with Gasteiger partial charge in [-0.3, -0.25) is 4.57 Å². The van der Waals surface area contributed by atoms with Crippen molar-refractivity contribution in [2.45, 2.75) is 11.4 Å². The molecule has 1 rings (SSSR count). The lowest BCUT2D eigenvalue weighted by Gasteiger charge is -2.31. The SMILES string of the molecule is C=CC(=O)OC1=CC(O)C(O)(P(=O)(O)O)C=C1. The highest BCUT2D eigenvalue weighted by Crippen LogP contribution is 2.53. The van der Waals surface area contributed by atoms with Crippen LogP contribution in [-0.2, 0) is 14.1 Å². The summed E-state index contributed by atoms with van der Waals surface area (Å²) in [6.07, 6.45) is 1.48. The largest absolute Gasteiger partial charge is 0.424 e. The van der Waals surface area contributed by atoms with Gasteiger partial charge in [-0.15, -0.1) is 0 Å².